The Kier molecular flexibility index (Phi) is 6.90. The second-order valence-corrected chi connectivity index (χ2v) is 14.1. The molecule has 11 rings (SSSR count). The van der Waals surface area contributed by atoms with Crippen molar-refractivity contribution in [2.45, 2.75) is 0 Å². The van der Waals surface area contributed by atoms with Gasteiger partial charge in [0, 0.05) is 38.2 Å². The van der Waals surface area contributed by atoms with Gasteiger partial charge in [0.15, 0.2) is 0 Å². The predicted molar refractivity (Wildman–Crippen MR) is 229 cm³/mol. The van der Waals surface area contributed by atoms with Gasteiger partial charge in [-0.25, -0.2) is 0 Å². The van der Waals surface area contributed by atoms with E-state index in [4.69, 9.17) is 0 Å². The Morgan fingerprint density at radius 3 is 1.54 bits per heavy atom. The lowest BCUT2D eigenvalue weighted by atomic mass is 9.98. The van der Waals surface area contributed by atoms with Gasteiger partial charge in [0.2, 0.25) is 0 Å². The van der Waals surface area contributed by atoms with Gasteiger partial charge in [-0.05, 0) is 81.7 Å². The average molecular weight is 687 g/mol. The van der Waals surface area contributed by atoms with Crippen molar-refractivity contribution in [1.82, 2.24) is 9.13 Å². The van der Waals surface area contributed by atoms with Crippen molar-refractivity contribution >= 4 is 54.4 Å². The van der Waals surface area contributed by atoms with Crippen LogP contribution in [0.1, 0.15) is 0 Å². The maximum Gasteiger partial charge on any atom is 0.0619 e. The van der Waals surface area contributed by atoms with E-state index in [9.17, 15) is 0 Å². The van der Waals surface area contributed by atoms with Crippen molar-refractivity contribution in [3.05, 3.63) is 206 Å². The Balaban J connectivity index is 1.17. The molecule has 9 aromatic carbocycles. The minimum Gasteiger partial charge on any atom is -0.309 e. The zero-order valence-electron chi connectivity index (χ0n) is 29.5. The number of nitrogens with zero attached hydrogens (tertiary/aromatic N) is 2. The zero-order valence-corrected chi connectivity index (χ0v) is 29.5. The smallest absolute Gasteiger partial charge is 0.0619 e. The number of benzene rings is 9. The lowest BCUT2D eigenvalue weighted by molar-refractivity contribution is 1.18. The molecule has 11 aromatic rings. The van der Waals surface area contributed by atoms with Crippen LogP contribution in [0.5, 0.6) is 0 Å². The van der Waals surface area contributed by atoms with E-state index in [-0.39, 0.29) is 0 Å². The second kappa shape index (κ2) is 12.2. The molecule has 2 aromatic heterocycles. The molecular formula is C52H34N2. The molecule has 0 amide bonds. The summed E-state index contributed by atoms with van der Waals surface area (Å²) in [6.45, 7) is 0. The molecule has 0 aliphatic carbocycles. The molecule has 2 nitrogen and oxygen atoms in total. The van der Waals surface area contributed by atoms with Crippen molar-refractivity contribution in [2.24, 2.45) is 0 Å². The maximum atomic E-state index is 2.48. The van der Waals surface area contributed by atoms with Crippen LogP contribution in [0, 0.1) is 0 Å². The number of fused-ring (bicyclic) bond motifs is 7. The third-order valence-corrected chi connectivity index (χ3v) is 11.1. The average Bonchev–Trinajstić information content (AvgIpc) is 3.77. The van der Waals surface area contributed by atoms with Crippen LogP contribution in [0.15, 0.2) is 206 Å². The molecule has 0 spiro atoms. The normalized spacial score (nSPS) is 11.7. The third-order valence-electron chi connectivity index (χ3n) is 11.1. The Morgan fingerprint density at radius 2 is 0.815 bits per heavy atom. The molecule has 0 fully saturated rings. The third kappa shape index (κ3) is 4.74. The van der Waals surface area contributed by atoms with Crippen LogP contribution in [0.2, 0.25) is 0 Å². The largest absolute Gasteiger partial charge is 0.309 e. The van der Waals surface area contributed by atoms with E-state index in [2.05, 4.69) is 215 Å². The molecule has 0 N–H and O–H groups in total. The van der Waals surface area contributed by atoms with E-state index in [1.54, 1.807) is 0 Å². The molecular weight excluding hydrogens is 653 g/mol. The Morgan fingerprint density at radius 1 is 0.278 bits per heavy atom. The van der Waals surface area contributed by atoms with Crippen molar-refractivity contribution in [1.29, 1.82) is 0 Å². The molecule has 0 saturated carbocycles. The minimum atomic E-state index is 1.15. The Hall–Kier alpha value is -7.16. The summed E-state index contributed by atoms with van der Waals surface area (Å²) in [5.41, 5.74) is 14.4. The Labute approximate surface area is 313 Å². The molecule has 54 heavy (non-hydrogen) atoms. The topological polar surface area (TPSA) is 9.86 Å². The first-order valence-electron chi connectivity index (χ1n) is 18.6. The fraction of sp³-hybridized carbons (Fsp3) is 0. The molecule has 0 aliphatic rings. The second-order valence-electron chi connectivity index (χ2n) is 14.1. The van der Waals surface area contributed by atoms with Gasteiger partial charge in [0.05, 0.1) is 27.8 Å². The van der Waals surface area contributed by atoms with Crippen LogP contribution < -0.4 is 0 Å². The van der Waals surface area contributed by atoms with Gasteiger partial charge in [-0.1, -0.05) is 158 Å². The number of aromatic nitrogens is 2. The summed E-state index contributed by atoms with van der Waals surface area (Å²) in [4.78, 5) is 0. The minimum absolute atomic E-state index is 1.15. The lowest BCUT2D eigenvalue weighted by Gasteiger charge is -2.15. The van der Waals surface area contributed by atoms with Crippen molar-refractivity contribution in [3.8, 4) is 44.8 Å². The highest BCUT2D eigenvalue weighted by Crippen LogP contribution is 2.42. The molecule has 2 heterocycles. The molecule has 252 valence electrons. The predicted octanol–water partition coefficient (Wildman–Crippen LogP) is 14.0. The van der Waals surface area contributed by atoms with Crippen LogP contribution in [0.3, 0.4) is 0 Å². The van der Waals surface area contributed by atoms with Crippen molar-refractivity contribution < 1.29 is 0 Å². The summed E-state index contributed by atoms with van der Waals surface area (Å²) in [6, 6.07) is 75.3. The first-order valence-corrected chi connectivity index (χ1v) is 18.6. The van der Waals surface area contributed by atoms with E-state index >= 15 is 0 Å². The van der Waals surface area contributed by atoms with Crippen LogP contribution in [-0.2, 0) is 0 Å². The van der Waals surface area contributed by atoms with E-state index in [1.165, 1.54) is 93.5 Å². The molecule has 0 unspecified atom stereocenters. The number of rotatable bonds is 5. The molecule has 0 radical (unpaired) electrons. The quantitative estimate of drug-likeness (QED) is 0.171. The van der Waals surface area contributed by atoms with Gasteiger partial charge in [-0.15, -0.1) is 0 Å². The van der Waals surface area contributed by atoms with Crippen LogP contribution in [0.4, 0.5) is 0 Å². The summed E-state index contributed by atoms with van der Waals surface area (Å²) < 4.78 is 4.93. The van der Waals surface area contributed by atoms with Gasteiger partial charge in [0.1, 0.15) is 0 Å². The van der Waals surface area contributed by atoms with Gasteiger partial charge in [-0.2, -0.15) is 0 Å². The molecule has 0 bridgehead atoms. The highest BCUT2D eigenvalue weighted by atomic mass is 15.0. The van der Waals surface area contributed by atoms with Gasteiger partial charge in [0.25, 0.3) is 0 Å². The van der Waals surface area contributed by atoms with Crippen LogP contribution in [-0.4, -0.2) is 9.13 Å². The number of hydrogen-bond donors (Lipinski definition) is 0. The van der Waals surface area contributed by atoms with Crippen molar-refractivity contribution in [3.63, 3.8) is 0 Å². The van der Waals surface area contributed by atoms with Crippen molar-refractivity contribution in [2.75, 3.05) is 0 Å². The molecule has 0 aliphatic heterocycles. The molecule has 0 atom stereocenters. The molecule has 0 saturated heterocycles. The number of para-hydroxylation sites is 3. The Bertz CT molecular complexity index is 3140. The fourth-order valence-corrected chi connectivity index (χ4v) is 8.66. The van der Waals surface area contributed by atoms with E-state index in [1.807, 2.05) is 0 Å². The summed E-state index contributed by atoms with van der Waals surface area (Å²) >= 11 is 0. The van der Waals surface area contributed by atoms with E-state index in [0.29, 0.717) is 0 Å². The first-order chi connectivity index (χ1) is 26.8. The lowest BCUT2D eigenvalue weighted by Crippen LogP contribution is -1.97. The van der Waals surface area contributed by atoms with E-state index in [0.717, 1.165) is 5.69 Å². The van der Waals surface area contributed by atoms with Gasteiger partial charge in [-0.3, -0.25) is 0 Å². The van der Waals surface area contributed by atoms with Crippen LogP contribution >= 0.6 is 0 Å². The SMILES string of the molecule is c1ccc(-c2cc(-c3ccccc3)cc(-n3c4ccccc4c4cc(-c5cccc6c7ccccc7n(-c7cccc8ccccc78)c56)ccc43)c2)cc1. The van der Waals surface area contributed by atoms with Gasteiger partial charge >= 0.3 is 0 Å². The fourth-order valence-electron chi connectivity index (χ4n) is 8.66. The summed E-state index contributed by atoms with van der Waals surface area (Å²) in [5.74, 6) is 0. The van der Waals surface area contributed by atoms with E-state index < -0.39 is 0 Å². The first kappa shape index (κ1) is 30.5. The summed E-state index contributed by atoms with van der Waals surface area (Å²) in [7, 11) is 0. The highest BCUT2D eigenvalue weighted by Gasteiger charge is 2.20. The zero-order chi connectivity index (χ0) is 35.6. The standard InChI is InChI=1S/C52H34N2/c1-3-15-35(16-4-1)39-31-40(36-17-5-2-6-18-36)33-41(32-39)53-49-26-11-10-23-45(49)47-34-38(29-30-51(47)53)43-24-14-25-46-44-22-9-12-27-50(44)54(52(43)46)48-28-13-20-37-19-7-8-21-42(37)48/h1-34H. The summed E-state index contributed by atoms with van der Waals surface area (Å²) in [5, 5.41) is 7.46. The molecule has 2 heteroatoms. The van der Waals surface area contributed by atoms with Gasteiger partial charge < -0.3 is 9.13 Å². The monoisotopic (exact) mass is 686 g/mol. The summed E-state index contributed by atoms with van der Waals surface area (Å²) in [6.07, 6.45) is 0. The highest BCUT2D eigenvalue weighted by molar-refractivity contribution is 6.16. The van der Waals surface area contributed by atoms with Crippen LogP contribution in [0.25, 0.3) is 99.1 Å². The number of hydrogen-bond acceptors (Lipinski definition) is 0. The maximum absolute atomic E-state index is 2.48.